The van der Waals surface area contributed by atoms with Crippen molar-refractivity contribution in [3.63, 3.8) is 0 Å². The number of rotatable bonds is 1. The maximum atomic E-state index is 10.8. The van der Waals surface area contributed by atoms with Gasteiger partial charge >= 0.3 is 0 Å². The normalized spacial score (nSPS) is 20.8. The third-order valence-corrected chi connectivity index (χ3v) is 2.78. The van der Waals surface area contributed by atoms with Gasteiger partial charge in [-0.05, 0) is 6.08 Å². The van der Waals surface area contributed by atoms with Crippen LogP contribution in [0.25, 0.3) is 0 Å². The van der Waals surface area contributed by atoms with Crippen LogP contribution in [0.1, 0.15) is 0 Å². The fourth-order valence-electron chi connectivity index (χ4n) is 0.643. The van der Waals surface area contributed by atoms with Crippen LogP contribution in [0, 0.1) is 0 Å². The van der Waals surface area contributed by atoms with E-state index in [9.17, 15) is 13.2 Å². The van der Waals surface area contributed by atoms with E-state index in [0.29, 0.717) is 0 Å². The van der Waals surface area contributed by atoms with Gasteiger partial charge in [-0.15, -0.1) is 12.6 Å². The Morgan fingerprint density at radius 2 is 2.09 bits per heavy atom. The molecule has 1 aliphatic rings. The topological polar surface area (TPSA) is 77.2 Å². The predicted octanol–water partition coefficient (Wildman–Crippen LogP) is -0.445. The number of thiol groups is 1. The summed E-state index contributed by atoms with van der Waals surface area (Å²) in [4.78, 5) is 10.6. The van der Waals surface area contributed by atoms with Crippen molar-refractivity contribution in [3.05, 3.63) is 22.1 Å². The number of nitrogens with two attached hydrogens (primary N) is 1. The molecular formula is C5H5NO3S2. The first-order chi connectivity index (χ1) is 4.95. The van der Waals surface area contributed by atoms with Gasteiger partial charge in [0.15, 0.2) is 0 Å². The lowest BCUT2D eigenvalue weighted by atomic mass is 10.3. The molecule has 0 saturated heterocycles. The van der Waals surface area contributed by atoms with Gasteiger partial charge in [-0.25, -0.2) is 8.42 Å². The van der Waals surface area contributed by atoms with Gasteiger partial charge in [0.1, 0.15) is 5.03 Å². The molecule has 0 aromatic rings. The van der Waals surface area contributed by atoms with Crippen LogP contribution >= 0.6 is 12.6 Å². The third-order valence-electron chi connectivity index (χ3n) is 1.22. The molecule has 0 unspecified atom stereocenters. The van der Waals surface area contributed by atoms with Crippen LogP contribution in [0.4, 0.5) is 0 Å². The number of carbonyl (C=O) groups is 1. The summed E-state index contributed by atoms with van der Waals surface area (Å²) in [6, 6.07) is 0. The largest absolute Gasteiger partial charge is 0.389 e. The molecule has 11 heavy (non-hydrogen) atoms. The van der Waals surface area contributed by atoms with E-state index in [-0.39, 0.29) is 5.57 Å². The van der Waals surface area contributed by atoms with E-state index in [1.54, 1.807) is 0 Å². The van der Waals surface area contributed by atoms with E-state index < -0.39 is 20.0 Å². The van der Waals surface area contributed by atoms with Crippen LogP contribution in [0.15, 0.2) is 22.1 Å². The Kier molecular flexibility index (Phi) is 1.81. The summed E-state index contributed by atoms with van der Waals surface area (Å²) in [7, 11) is -3.51. The van der Waals surface area contributed by atoms with Crippen molar-refractivity contribution < 1.29 is 13.2 Å². The average Bonchev–Trinajstić information content (AvgIpc) is 2.09. The van der Waals surface area contributed by atoms with Gasteiger partial charge < -0.3 is 5.73 Å². The summed E-state index contributed by atoms with van der Waals surface area (Å²) in [5.41, 5.74) is 5.06. The van der Waals surface area contributed by atoms with Crippen molar-refractivity contribution in [1.82, 2.24) is 0 Å². The molecule has 0 radical (unpaired) electrons. The Morgan fingerprint density at radius 3 is 2.27 bits per heavy atom. The molecule has 60 valence electrons. The van der Waals surface area contributed by atoms with E-state index in [1.807, 2.05) is 0 Å². The highest BCUT2D eigenvalue weighted by Gasteiger charge is 2.23. The molecule has 1 aliphatic heterocycles. The Bertz CT molecular complexity index is 363. The molecule has 0 bridgehead atoms. The van der Waals surface area contributed by atoms with Gasteiger partial charge in [-0.3, -0.25) is 4.79 Å². The monoisotopic (exact) mass is 191 g/mol. The summed E-state index contributed by atoms with van der Waals surface area (Å²) in [5, 5.41) is -0.177. The number of hydrogen-bond acceptors (Lipinski definition) is 4. The molecule has 2 N–H and O–H groups in total. The van der Waals surface area contributed by atoms with Gasteiger partial charge in [0.2, 0.25) is 15.0 Å². The van der Waals surface area contributed by atoms with Gasteiger partial charge in [0, 0.05) is 5.41 Å². The van der Waals surface area contributed by atoms with E-state index in [2.05, 4.69) is 12.6 Å². The van der Waals surface area contributed by atoms with Gasteiger partial charge in [-0.1, -0.05) is 0 Å². The molecule has 0 aromatic heterocycles. The average molecular weight is 191 g/mol. The number of allylic oxidation sites excluding steroid dienone is 1. The first kappa shape index (κ1) is 8.35. The molecule has 1 rings (SSSR count). The molecule has 0 saturated carbocycles. The Morgan fingerprint density at radius 1 is 1.55 bits per heavy atom. The standard InChI is InChI=1S/C5H5NO3S2/c6-4-3(5(7)10)1-2-11(4,8)9/h1-2H,6H2,(H,7,10). The Hall–Kier alpha value is -0.750. The van der Waals surface area contributed by atoms with Crippen LogP contribution in [0.2, 0.25) is 0 Å². The van der Waals surface area contributed by atoms with Crippen molar-refractivity contribution in [2.75, 3.05) is 0 Å². The van der Waals surface area contributed by atoms with Crippen molar-refractivity contribution in [1.29, 1.82) is 0 Å². The SMILES string of the molecule is NC1=C(C(=O)S)C=CS1(=O)=O. The van der Waals surface area contributed by atoms with Gasteiger partial charge in [0.25, 0.3) is 0 Å². The number of carbonyl (C=O) groups excluding carboxylic acids is 1. The maximum Gasteiger partial charge on any atom is 0.219 e. The second-order valence-corrected chi connectivity index (χ2v) is 4.14. The van der Waals surface area contributed by atoms with Crippen molar-refractivity contribution in [2.24, 2.45) is 5.73 Å². The van der Waals surface area contributed by atoms with E-state index >= 15 is 0 Å². The first-order valence-corrected chi connectivity index (χ1v) is 4.61. The second-order valence-electron chi connectivity index (χ2n) is 1.93. The van der Waals surface area contributed by atoms with E-state index in [4.69, 9.17) is 5.73 Å². The molecular weight excluding hydrogens is 186 g/mol. The van der Waals surface area contributed by atoms with Crippen molar-refractivity contribution in [3.8, 4) is 0 Å². The minimum Gasteiger partial charge on any atom is -0.389 e. The molecule has 6 heteroatoms. The number of hydrogen-bond donors (Lipinski definition) is 2. The lowest BCUT2D eigenvalue weighted by molar-refractivity contribution is -0.107. The zero-order chi connectivity index (χ0) is 8.65. The minimum absolute atomic E-state index is 0.0617. The molecule has 1 heterocycles. The van der Waals surface area contributed by atoms with E-state index in [1.165, 1.54) is 0 Å². The smallest absolute Gasteiger partial charge is 0.219 e. The van der Waals surface area contributed by atoms with Gasteiger partial charge in [0.05, 0.1) is 5.57 Å². The molecule has 0 amide bonds. The fourth-order valence-corrected chi connectivity index (χ4v) is 1.84. The predicted molar refractivity (Wildman–Crippen MR) is 43.3 cm³/mol. The molecule has 0 spiro atoms. The highest BCUT2D eigenvalue weighted by molar-refractivity contribution is 7.99. The molecule has 0 aliphatic carbocycles. The molecule has 0 fully saturated rings. The highest BCUT2D eigenvalue weighted by Crippen LogP contribution is 2.19. The number of sulfone groups is 1. The summed E-state index contributed by atoms with van der Waals surface area (Å²) < 4.78 is 21.6. The zero-order valence-corrected chi connectivity index (χ0v) is 7.02. The zero-order valence-electron chi connectivity index (χ0n) is 5.31. The fraction of sp³-hybridized carbons (Fsp3) is 0. The highest BCUT2D eigenvalue weighted by atomic mass is 32.2. The summed E-state index contributed by atoms with van der Waals surface area (Å²) in [6.45, 7) is 0. The maximum absolute atomic E-state index is 10.8. The first-order valence-electron chi connectivity index (χ1n) is 2.61. The van der Waals surface area contributed by atoms with E-state index in [0.717, 1.165) is 11.5 Å². The minimum atomic E-state index is -3.51. The van der Waals surface area contributed by atoms with Crippen molar-refractivity contribution >= 4 is 27.6 Å². The molecule has 4 nitrogen and oxygen atoms in total. The molecule has 0 atom stereocenters. The summed E-state index contributed by atoms with van der Waals surface area (Å²) >= 11 is 3.44. The lowest BCUT2D eigenvalue weighted by Gasteiger charge is -1.93. The van der Waals surface area contributed by atoms with Gasteiger partial charge in [-0.2, -0.15) is 0 Å². The quantitative estimate of drug-likeness (QED) is 0.551. The lowest BCUT2D eigenvalue weighted by Crippen LogP contribution is -2.09. The third kappa shape index (κ3) is 1.31. The molecule has 0 aromatic carbocycles. The van der Waals surface area contributed by atoms with Crippen molar-refractivity contribution in [2.45, 2.75) is 0 Å². The van der Waals surface area contributed by atoms with Crippen LogP contribution < -0.4 is 5.73 Å². The van der Waals surface area contributed by atoms with Crippen LogP contribution in [0.5, 0.6) is 0 Å². The summed E-state index contributed by atoms with van der Waals surface area (Å²) in [5.74, 6) is 0. The van der Waals surface area contributed by atoms with Crippen LogP contribution in [-0.4, -0.2) is 13.5 Å². The second kappa shape index (κ2) is 2.38. The van der Waals surface area contributed by atoms with Crippen LogP contribution in [0.3, 0.4) is 0 Å². The Labute approximate surface area is 69.1 Å². The Balaban J connectivity index is 3.32. The summed E-state index contributed by atoms with van der Waals surface area (Å²) in [6.07, 6.45) is 1.14. The van der Waals surface area contributed by atoms with Crippen LogP contribution in [-0.2, 0) is 14.6 Å².